The van der Waals surface area contributed by atoms with Crippen LogP contribution < -0.4 is 5.32 Å². The van der Waals surface area contributed by atoms with Crippen LogP contribution in [0.4, 0.5) is 10.2 Å². The normalized spacial score (nSPS) is 11.2. The fraction of sp³-hybridized carbons (Fsp3) is 0.0833. The van der Waals surface area contributed by atoms with Gasteiger partial charge in [0.15, 0.2) is 11.5 Å². The molecule has 0 aliphatic carbocycles. The van der Waals surface area contributed by atoms with Crippen LogP contribution in [0.25, 0.3) is 16.9 Å². The fourth-order valence-corrected chi connectivity index (χ4v) is 4.22. The molecule has 34 heavy (non-hydrogen) atoms. The van der Waals surface area contributed by atoms with Crippen molar-refractivity contribution in [1.82, 2.24) is 24.4 Å². The molecule has 0 radical (unpaired) electrons. The van der Waals surface area contributed by atoms with Crippen LogP contribution in [-0.2, 0) is 6.54 Å². The summed E-state index contributed by atoms with van der Waals surface area (Å²) in [6.45, 7) is 2.13. The summed E-state index contributed by atoms with van der Waals surface area (Å²) in [5.74, 6) is -0.559. The van der Waals surface area contributed by atoms with Gasteiger partial charge >= 0.3 is 0 Å². The summed E-state index contributed by atoms with van der Waals surface area (Å²) in [5, 5.41) is 11.8. The number of carbonyl (C=O) groups excluding carboxylic acids is 1. The standard InChI is InChI=1S/C24H17BrClFN6O/c1-14-5-7-15(8-6-14)21-9-10-28-23-16(11-29-33(21)23)24(34)30-22-18(25)13-32(31-22)12-17-19(26)3-2-4-20(17)27/h2-11,13H,12H2,1H3,(H,30,31,34). The lowest BCUT2D eigenvalue weighted by molar-refractivity contribution is 0.102. The molecule has 0 saturated carbocycles. The van der Waals surface area contributed by atoms with Crippen LogP contribution in [-0.4, -0.2) is 30.3 Å². The topological polar surface area (TPSA) is 77.1 Å². The third-order valence-corrected chi connectivity index (χ3v) is 6.26. The number of fused-ring (bicyclic) bond motifs is 1. The highest BCUT2D eigenvalue weighted by Gasteiger charge is 2.19. The molecule has 5 aromatic rings. The van der Waals surface area contributed by atoms with Crippen molar-refractivity contribution >= 4 is 44.9 Å². The van der Waals surface area contributed by atoms with Gasteiger partial charge in [-0.05, 0) is 41.1 Å². The molecule has 170 valence electrons. The molecule has 3 aromatic heterocycles. The van der Waals surface area contributed by atoms with Gasteiger partial charge in [-0.1, -0.05) is 47.5 Å². The smallest absolute Gasteiger partial charge is 0.262 e. The average Bonchev–Trinajstić information content (AvgIpc) is 3.40. The molecule has 0 saturated heterocycles. The molecule has 0 aliphatic rings. The third kappa shape index (κ3) is 4.20. The van der Waals surface area contributed by atoms with Gasteiger partial charge in [0.05, 0.1) is 22.9 Å². The van der Waals surface area contributed by atoms with Gasteiger partial charge in [0.1, 0.15) is 11.4 Å². The zero-order valence-electron chi connectivity index (χ0n) is 17.8. The Labute approximate surface area is 207 Å². The van der Waals surface area contributed by atoms with Crippen molar-refractivity contribution in [3.8, 4) is 11.3 Å². The number of anilines is 1. The van der Waals surface area contributed by atoms with Crippen LogP contribution in [0.15, 0.2) is 71.6 Å². The van der Waals surface area contributed by atoms with E-state index in [1.165, 1.54) is 16.9 Å². The first kappa shape index (κ1) is 22.2. The van der Waals surface area contributed by atoms with Crippen molar-refractivity contribution in [2.45, 2.75) is 13.5 Å². The maximum absolute atomic E-state index is 14.1. The SMILES string of the molecule is Cc1ccc(-c2ccnc3c(C(=O)Nc4nn(Cc5c(F)cccc5Cl)cc4Br)cnn23)cc1. The van der Waals surface area contributed by atoms with Gasteiger partial charge in [0.25, 0.3) is 5.91 Å². The molecule has 5 rings (SSSR count). The minimum absolute atomic E-state index is 0.109. The molecule has 1 N–H and O–H groups in total. The number of rotatable bonds is 5. The minimum atomic E-state index is -0.425. The molecule has 0 bridgehead atoms. The van der Waals surface area contributed by atoms with Crippen molar-refractivity contribution in [2.24, 2.45) is 0 Å². The van der Waals surface area contributed by atoms with E-state index in [0.29, 0.717) is 26.3 Å². The summed E-state index contributed by atoms with van der Waals surface area (Å²) in [4.78, 5) is 17.4. The van der Waals surface area contributed by atoms with E-state index in [2.05, 4.69) is 36.4 Å². The van der Waals surface area contributed by atoms with E-state index < -0.39 is 11.7 Å². The maximum Gasteiger partial charge on any atom is 0.262 e. The number of benzene rings is 2. The monoisotopic (exact) mass is 538 g/mol. The number of hydrogen-bond acceptors (Lipinski definition) is 4. The summed E-state index contributed by atoms with van der Waals surface area (Å²) in [5.41, 5.74) is 3.96. The number of carbonyl (C=O) groups is 1. The molecule has 0 aliphatic heterocycles. The van der Waals surface area contributed by atoms with Crippen LogP contribution in [0.5, 0.6) is 0 Å². The van der Waals surface area contributed by atoms with Gasteiger partial charge < -0.3 is 5.32 Å². The Morgan fingerprint density at radius 2 is 1.97 bits per heavy atom. The Bertz CT molecular complexity index is 1510. The predicted molar refractivity (Wildman–Crippen MR) is 132 cm³/mol. The van der Waals surface area contributed by atoms with Crippen molar-refractivity contribution < 1.29 is 9.18 Å². The van der Waals surface area contributed by atoms with Gasteiger partial charge in [-0.15, -0.1) is 0 Å². The van der Waals surface area contributed by atoms with Crippen molar-refractivity contribution in [3.05, 3.63) is 99.1 Å². The zero-order chi connectivity index (χ0) is 23.8. The van der Waals surface area contributed by atoms with Gasteiger partial charge in [-0.2, -0.15) is 10.2 Å². The third-order valence-electron chi connectivity index (χ3n) is 5.32. The van der Waals surface area contributed by atoms with Gasteiger partial charge in [-0.3, -0.25) is 9.48 Å². The second-order valence-electron chi connectivity index (χ2n) is 7.67. The Morgan fingerprint density at radius 3 is 2.74 bits per heavy atom. The van der Waals surface area contributed by atoms with Crippen molar-refractivity contribution in [3.63, 3.8) is 0 Å². The molecule has 0 atom stereocenters. The molecule has 2 aromatic carbocycles. The number of hydrogen-bond donors (Lipinski definition) is 1. The summed E-state index contributed by atoms with van der Waals surface area (Å²) in [6, 6.07) is 14.4. The first-order valence-electron chi connectivity index (χ1n) is 10.3. The van der Waals surface area contributed by atoms with E-state index in [-0.39, 0.29) is 12.4 Å². The van der Waals surface area contributed by atoms with Gasteiger partial charge in [0, 0.05) is 28.5 Å². The molecule has 0 spiro atoms. The molecule has 3 heterocycles. The summed E-state index contributed by atoms with van der Waals surface area (Å²) < 4.78 is 17.8. The van der Waals surface area contributed by atoms with Crippen molar-refractivity contribution in [1.29, 1.82) is 0 Å². The number of nitrogens with one attached hydrogen (secondary N) is 1. The number of halogens is 3. The summed E-state index contributed by atoms with van der Waals surface area (Å²) in [6.07, 6.45) is 4.76. The van der Waals surface area contributed by atoms with Crippen LogP contribution in [0, 0.1) is 12.7 Å². The Morgan fingerprint density at radius 1 is 1.18 bits per heavy atom. The molecule has 10 heteroatoms. The van der Waals surface area contributed by atoms with E-state index in [1.54, 1.807) is 29.0 Å². The quantitative estimate of drug-likeness (QED) is 0.308. The Hall–Kier alpha value is -3.56. The van der Waals surface area contributed by atoms with Gasteiger partial charge in [-0.25, -0.2) is 13.9 Å². The highest BCUT2D eigenvalue weighted by Crippen LogP contribution is 2.26. The molecule has 0 fully saturated rings. The van der Waals surface area contributed by atoms with Crippen LogP contribution in [0.2, 0.25) is 5.02 Å². The number of aryl methyl sites for hydroxylation is 1. The first-order chi connectivity index (χ1) is 16.4. The lowest BCUT2D eigenvalue weighted by Gasteiger charge is -2.06. The molecular formula is C24H17BrClFN6O. The Balaban J connectivity index is 1.41. The summed E-state index contributed by atoms with van der Waals surface area (Å²) in [7, 11) is 0. The first-order valence-corrected chi connectivity index (χ1v) is 11.4. The van der Waals surface area contributed by atoms with Gasteiger partial charge in [0.2, 0.25) is 0 Å². The predicted octanol–water partition coefficient (Wildman–Crippen LogP) is 5.76. The van der Waals surface area contributed by atoms with Crippen LogP contribution in [0.1, 0.15) is 21.5 Å². The molecule has 7 nitrogen and oxygen atoms in total. The molecule has 1 amide bonds. The van der Waals surface area contributed by atoms with E-state index in [0.717, 1.165) is 16.8 Å². The lowest BCUT2D eigenvalue weighted by atomic mass is 10.1. The van der Waals surface area contributed by atoms with E-state index >= 15 is 0 Å². The van der Waals surface area contributed by atoms with Crippen molar-refractivity contribution in [2.75, 3.05) is 5.32 Å². The highest BCUT2D eigenvalue weighted by molar-refractivity contribution is 9.10. The number of aromatic nitrogens is 5. The summed E-state index contributed by atoms with van der Waals surface area (Å²) >= 11 is 9.52. The lowest BCUT2D eigenvalue weighted by Crippen LogP contribution is -2.13. The van der Waals surface area contributed by atoms with E-state index in [9.17, 15) is 9.18 Å². The molecular weight excluding hydrogens is 523 g/mol. The minimum Gasteiger partial charge on any atom is -0.304 e. The van der Waals surface area contributed by atoms with E-state index in [1.807, 2.05) is 37.3 Å². The Kier molecular flexibility index (Phi) is 5.89. The molecule has 0 unspecified atom stereocenters. The fourth-order valence-electron chi connectivity index (χ4n) is 3.58. The largest absolute Gasteiger partial charge is 0.304 e. The maximum atomic E-state index is 14.1. The average molecular weight is 540 g/mol. The highest BCUT2D eigenvalue weighted by atomic mass is 79.9. The zero-order valence-corrected chi connectivity index (χ0v) is 20.2. The number of amides is 1. The second-order valence-corrected chi connectivity index (χ2v) is 8.93. The number of nitrogens with zero attached hydrogens (tertiary/aromatic N) is 5. The van der Waals surface area contributed by atoms with Crippen LogP contribution in [0.3, 0.4) is 0 Å². The second kappa shape index (κ2) is 9.00. The van der Waals surface area contributed by atoms with E-state index in [4.69, 9.17) is 11.6 Å². The van der Waals surface area contributed by atoms with Crippen LogP contribution >= 0.6 is 27.5 Å².